The van der Waals surface area contributed by atoms with E-state index < -0.39 is 17.3 Å². The van der Waals surface area contributed by atoms with Crippen LogP contribution in [0.15, 0.2) is 42.6 Å². The summed E-state index contributed by atoms with van der Waals surface area (Å²) in [6, 6.07) is 11.2. The third kappa shape index (κ3) is 7.52. The molecule has 1 aliphatic rings. The first kappa shape index (κ1) is 31.1. The molecule has 1 fully saturated rings. The van der Waals surface area contributed by atoms with Crippen LogP contribution in [0.2, 0.25) is 0 Å². The van der Waals surface area contributed by atoms with Crippen molar-refractivity contribution in [3.63, 3.8) is 0 Å². The maximum atomic E-state index is 13.8. The van der Waals surface area contributed by atoms with Crippen LogP contribution in [-0.4, -0.2) is 62.1 Å². The van der Waals surface area contributed by atoms with Gasteiger partial charge in [0.1, 0.15) is 17.3 Å². The third-order valence-corrected chi connectivity index (χ3v) is 6.94. The summed E-state index contributed by atoms with van der Waals surface area (Å²) >= 11 is 0. The second-order valence-corrected chi connectivity index (χ2v) is 13.2. The van der Waals surface area contributed by atoms with Gasteiger partial charge in [0.2, 0.25) is 5.88 Å². The molecule has 3 heterocycles. The van der Waals surface area contributed by atoms with E-state index >= 15 is 0 Å². The minimum absolute atomic E-state index is 0.134. The summed E-state index contributed by atoms with van der Waals surface area (Å²) in [5, 5.41) is 4.81. The molecule has 0 aliphatic carbocycles. The number of piperidine rings is 1. The number of benzene rings is 1. The van der Waals surface area contributed by atoms with Crippen molar-refractivity contribution in [3.05, 3.63) is 53.9 Å². The summed E-state index contributed by atoms with van der Waals surface area (Å²) in [5.41, 5.74) is 1.69. The van der Waals surface area contributed by atoms with Gasteiger partial charge in [0, 0.05) is 32.0 Å². The van der Waals surface area contributed by atoms with Gasteiger partial charge in [0.05, 0.1) is 23.6 Å². The van der Waals surface area contributed by atoms with Gasteiger partial charge in [-0.1, -0.05) is 44.2 Å². The first-order chi connectivity index (χ1) is 19.6. The average Bonchev–Trinajstić information content (AvgIpc) is 3.32. The molecule has 0 spiro atoms. The van der Waals surface area contributed by atoms with Crippen molar-refractivity contribution in [2.45, 2.75) is 104 Å². The number of likely N-dealkylation sites (tertiary alicyclic amines) is 1. The van der Waals surface area contributed by atoms with Crippen molar-refractivity contribution in [2.24, 2.45) is 0 Å². The van der Waals surface area contributed by atoms with Gasteiger partial charge < -0.3 is 19.1 Å². The molecule has 2 amide bonds. The maximum absolute atomic E-state index is 13.8. The highest BCUT2D eigenvalue weighted by molar-refractivity contribution is 5.93. The largest absolute Gasteiger partial charge is 0.473 e. The number of nitrogens with zero attached hydrogens (tertiary/aromatic N) is 5. The number of imidazole rings is 1. The van der Waals surface area contributed by atoms with Crippen LogP contribution in [0.1, 0.15) is 98.4 Å². The predicted octanol–water partition coefficient (Wildman–Crippen LogP) is 7.13. The minimum Gasteiger partial charge on any atom is -0.473 e. The van der Waals surface area contributed by atoms with Crippen molar-refractivity contribution < 1.29 is 23.8 Å². The monoisotopic (exact) mass is 579 g/mol. The first-order valence-corrected chi connectivity index (χ1v) is 14.7. The summed E-state index contributed by atoms with van der Waals surface area (Å²) in [6.07, 6.45) is 2.09. The summed E-state index contributed by atoms with van der Waals surface area (Å²) in [5.74, 6) is 0.510. The quantitative estimate of drug-likeness (QED) is 0.306. The molecule has 1 saturated heterocycles. The molecule has 0 N–H and O–H groups in total. The summed E-state index contributed by atoms with van der Waals surface area (Å²) < 4.78 is 19.6. The Hall–Kier alpha value is -3.82. The van der Waals surface area contributed by atoms with E-state index in [9.17, 15) is 9.59 Å². The lowest BCUT2D eigenvalue weighted by atomic mass is 10.1. The number of hydrogen-bond acceptors (Lipinski definition) is 7. The van der Waals surface area contributed by atoms with Crippen molar-refractivity contribution >= 4 is 23.5 Å². The van der Waals surface area contributed by atoms with Crippen LogP contribution in [0.5, 0.6) is 5.88 Å². The molecule has 3 aromatic rings. The molecular weight excluding hydrogens is 534 g/mol. The molecule has 1 aliphatic heterocycles. The van der Waals surface area contributed by atoms with Crippen LogP contribution in [0.3, 0.4) is 0 Å². The van der Waals surface area contributed by atoms with E-state index in [0.29, 0.717) is 43.1 Å². The molecule has 1 atom stereocenters. The standard InChI is InChI=1S/C32H45N5O5/c1-21(2)26-20-33-28-25(36(30(39)42-32(7,8)9)22(3)23-13-11-10-12-14-23)19-27(34-37(26)28)40-24-15-17-35(18-16-24)29(38)41-31(4,5)6/h10-14,19-22,24H,15-18H2,1-9H3/t22-/m0/s1. The second-order valence-electron chi connectivity index (χ2n) is 13.2. The molecule has 0 bridgehead atoms. The van der Waals surface area contributed by atoms with Crippen LogP contribution in [0.25, 0.3) is 5.65 Å². The fraction of sp³-hybridized carbons (Fsp3) is 0.562. The zero-order valence-corrected chi connectivity index (χ0v) is 26.4. The summed E-state index contributed by atoms with van der Waals surface area (Å²) in [6.45, 7) is 18.3. The lowest BCUT2D eigenvalue weighted by molar-refractivity contribution is 0.0122. The highest BCUT2D eigenvalue weighted by atomic mass is 16.6. The lowest BCUT2D eigenvalue weighted by Crippen LogP contribution is -2.44. The van der Waals surface area contributed by atoms with Gasteiger partial charge in [-0.25, -0.2) is 19.1 Å². The number of rotatable bonds is 6. The highest BCUT2D eigenvalue weighted by Crippen LogP contribution is 2.35. The van der Waals surface area contributed by atoms with Crippen molar-refractivity contribution in [2.75, 3.05) is 18.0 Å². The van der Waals surface area contributed by atoms with Gasteiger partial charge in [-0.2, -0.15) is 0 Å². The number of carbonyl (C=O) groups excluding carboxylic acids is 2. The fourth-order valence-electron chi connectivity index (χ4n) is 4.89. The summed E-state index contributed by atoms with van der Waals surface area (Å²) in [4.78, 5) is 34.4. The number of carbonyl (C=O) groups is 2. The zero-order valence-electron chi connectivity index (χ0n) is 26.4. The number of fused-ring (bicyclic) bond motifs is 1. The third-order valence-electron chi connectivity index (χ3n) is 6.94. The van der Waals surface area contributed by atoms with Crippen LogP contribution in [0.4, 0.5) is 15.3 Å². The molecule has 0 unspecified atom stereocenters. The smallest absolute Gasteiger partial charge is 0.415 e. The van der Waals surface area contributed by atoms with Crippen molar-refractivity contribution in [1.82, 2.24) is 19.5 Å². The molecule has 10 nitrogen and oxygen atoms in total. The molecule has 1 aromatic carbocycles. The molecule has 0 radical (unpaired) electrons. The van der Waals surface area contributed by atoms with Gasteiger partial charge >= 0.3 is 12.2 Å². The van der Waals surface area contributed by atoms with E-state index in [0.717, 1.165) is 11.3 Å². The van der Waals surface area contributed by atoms with Gasteiger partial charge in [0.25, 0.3) is 0 Å². The van der Waals surface area contributed by atoms with Gasteiger partial charge in [-0.05, 0) is 59.9 Å². The van der Waals surface area contributed by atoms with Gasteiger partial charge in [-0.3, -0.25) is 4.90 Å². The highest BCUT2D eigenvalue weighted by Gasteiger charge is 2.33. The number of amides is 2. The molecular formula is C32H45N5O5. The Balaban J connectivity index is 1.70. The van der Waals surface area contributed by atoms with E-state index in [1.165, 1.54) is 0 Å². The lowest BCUT2D eigenvalue weighted by Gasteiger charge is -2.34. The van der Waals surface area contributed by atoms with E-state index in [4.69, 9.17) is 24.3 Å². The average molecular weight is 580 g/mol. The van der Waals surface area contributed by atoms with Gasteiger partial charge in [-0.15, -0.1) is 5.10 Å². The number of aromatic nitrogens is 3. The maximum Gasteiger partial charge on any atom is 0.415 e. The van der Waals surface area contributed by atoms with E-state index in [-0.39, 0.29) is 24.2 Å². The van der Waals surface area contributed by atoms with Crippen LogP contribution in [0, 0.1) is 0 Å². The second kappa shape index (κ2) is 12.2. The van der Waals surface area contributed by atoms with Crippen molar-refractivity contribution in [3.8, 4) is 5.88 Å². The molecule has 228 valence electrons. The Morgan fingerprint density at radius 3 is 2.14 bits per heavy atom. The Morgan fingerprint density at radius 1 is 0.952 bits per heavy atom. The molecule has 42 heavy (non-hydrogen) atoms. The number of hydrogen-bond donors (Lipinski definition) is 0. The topological polar surface area (TPSA) is 98.5 Å². The predicted molar refractivity (Wildman–Crippen MR) is 162 cm³/mol. The molecule has 0 saturated carbocycles. The number of ether oxygens (including phenoxy) is 3. The Bertz CT molecular complexity index is 1380. The minimum atomic E-state index is -0.699. The SMILES string of the molecule is CC(C)c1cnc2c(N(C(=O)OC(C)(C)C)[C@@H](C)c3ccccc3)cc(OC3CCN(C(=O)OC(C)(C)C)CC3)nn12. The van der Waals surface area contributed by atoms with Crippen molar-refractivity contribution in [1.29, 1.82) is 0 Å². The Kier molecular flexibility index (Phi) is 9.03. The first-order valence-electron chi connectivity index (χ1n) is 14.7. The fourth-order valence-corrected chi connectivity index (χ4v) is 4.89. The number of anilines is 1. The van der Waals surface area contributed by atoms with Crippen LogP contribution >= 0.6 is 0 Å². The Labute approximate surface area is 248 Å². The molecule has 2 aromatic heterocycles. The molecule has 4 rings (SSSR count). The Morgan fingerprint density at radius 2 is 1.57 bits per heavy atom. The normalized spacial score (nSPS) is 15.5. The summed E-state index contributed by atoms with van der Waals surface area (Å²) in [7, 11) is 0. The van der Waals surface area contributed by atoms with Crippen LogP contribution in [-0.2, 0) is 9.47 Å². The molecule has 10 heteroatoms. The zero-order chi connectivity index (χ0) is 30.8. The van der Waals surface area contributed by atoms with E-state index in [1.807, 2.05) is 78.8 Å². The van der Waals surface area contributed by atoms with Gasteiger partial charge in [0.15, 0.2) is 5.65 Å². The van der Waals surface area contributed by atoms with Crippen LogP contribution < -0.4 is 9.64 Å². The van der Waals surface area contributed by atoms with E-state index in [2.05, 4.69) is 13.8 Å². The van der Waals surface area contributed by atoms with E-state index in [1.54, 1.807) is 26.6 Å².